The molecule has 3 aromatic rings. The zero-order valence-electron chi connectivity index (χ0n) is 16.9. The maximum atomic E-state index is 12.7. The summed E-state index contributed by atoms with van der Waals surface area (Å²) in [6, 6.07) is 20.7. The van der Waals surface area contributed by atoms with Crippen molar-refractivity contribution in [2.75, 3.05) is 31.6 Å². The van der Waals surface area contributed by atoms with Crippen LogP contribution in [0.2, 0.25) is 0 Å². The van der Waals surface area contributed by atoms with Gasteiger partial charge in [0.25, 0.3) is 0 Å². The summed E-state index contributed by atoms with van der Waals surface area (Å²) in [5, 5.41) is 1.85. The number of nitrogens with one attached hydrogen (secondary N) is 1. The molecule has 0 saturated heterocycles. The number of carbonyl (C=O) groups excluding carboxylic acids is 1. The molecule has 0 spiro atoms. The fourth-order valence-corrected chi connectivity index (χ4v) is 4.84. The van der Waals surface area contributed by atoms with E-state index in [1.807, 2.05) is 49.5 Å². The van der Waals surface area contributed by atoms with E-state index in [9.17, 15) is 13.2 Å². The number of amides is 1. The van der Waals surface area contributed by atoms with Gasteiger partial charge < -0.3 is 9.80 Å². The largest absolute Gasteiger partial charge is 0.373 e. The normalized spacial score (nSPS) is 14.4. The highest BCUT2D eigenvalue weighted by Gasteiger charge is 2.22. The molecule has 0 aliphatic carbocycles. The van der Waals surface area contributed by atoms with Gasteiger partial charge in [0.15, 0.2) is 0 Å². The first kappa shape index (κ1) is 20.4. The van der Waals surface area contributed by atoms with E-state index in [4.69, 9.17) is 0 Å². The van der Waals surface area contributed by atoms with Crippen molar-refractivity contribution >= 4 is 32.4 Å². The number of hydrogen-bond acceptors (Lipinski definition) is 4. The van der Waals surface area contributed by atoms with E-state index in [2.05, 4.69) is 15.7 Å². The molecular formula is C23H25N3O3S. The van der Waals surface area contributed by atoms with Crippen molar-refractivity contribution < 1.29 is 13.2 Å². The van der Waals surface area contributed by atoms with E-state index in [1.54, 1.807) is 23.1 Å². The van der Waals surface area contributed by atoms with Crippen molar-refractivity contribution in [1.82, 2.24) is 9.62 Å². The van der Waals surface area contributed by atoms with Crippen LogP contribution in [0.1, 0.15) is 12.0 Å². The first-order chi connectivity index (χ1) is 14.4. The third-order valence-corrected chi connectivity index (χ3v) is 6.94. The quantitative estimate of drug-likeness (QED) is 0.685. The van der Waals surface area contributed by atoms with Crippen molar-refractivity contribution in [3.8, 4) is 0 Å². The molecule has 1 heterocycles. The van der Waals surface area contributed by atoms with E-state index in [1.165, 1.54) is 0 Å². The maximum Gasteiger partial charge on any atom is 0.240 e. The first-order valence-electron chi connectivity index (χ1n) is 9.99. The second-order valence-corrected chi connectivity index (χ2v) is 9.29. The number of rotatable bonds is 5. The predicted octanol–water partition coefficient (Wildman–Crippen LogP) is 2.99. The van der Waals surface area contributed by atoms with Crippen LogP contribution in [-0.4, -0.2) is 45.9 Å². The second kappa shape index (κ2) is 8.45. The van der Waals surface area contributed by atoms with Gasteiger partial charge in [0.05, 0.1) is 4.90 Å². The average Bonchev–Trinajstić information content (AvgIpc) is 2.92. The number of para-hydroxylation sites is 1. The van der Waals surface area contributed by atoms with Gasteiger partial charge >= 0.3 is 0 Å². The maximum absolute atomic E-state index is 12.7. The fraction of sp³-hybridized carbons (Fsp3) is 0.261. The van der Waals surface area contributed by atoms with Crippen LogP contribution in [-0.2, 0) is 21.4 Å². The molecule has 0 atom stereocenters. The first-order valence-corrected chi connectivity index (χ1v) is 11.5. The molecule has 3 aromatic carbocycles. The molecule has 7 heteroatoms. The number of nitrogens with zero attached hydrogens (tertiary/aromatic N) is 2. The Balaban J connectivity index is 1.39. The van der Waals surface area contributed by atoms with Crippen LogP contribution in [0.4, 0.5) is 5.69 Å². The summed E-state index contributed by atoms with van der Waals surface area (Å²) in [5.41, 5.74) is 2.23. The number of likely N-dealkylation sites (N-methyl/N-ethyl adjacent to an activating group) is 1. The number of hydrogen-bond donors (Lipinski definition) is 1. The lowest BCUT2D eigenvalue weighted by Crippen LogP contribution is -2.36. The summed E-state index contributed by atoms with van der Waals surface area (Å²) < 4.78 is 27.9. The van der Waals surface area contributed by atoms with E-state index in [0.717, 1.165) is 28.6 Å². The molecule has 0 unspecified atom stereocenters. The van der Waals surface area contributed by atoms with Gasteiger partial charge in [0.1, 0.15) is 0 Å². The highest BCUT2D eigenvalue weighted by molar-refractivity contribution is 7.89. The molecule has 6 nitrogen and oxygen atoms in total. The van der Waals surface area contributed by atoms with Gasteiger partial charge in [-0.05, 0) is 34.5 Å². The Kier molecular flexibility index (Phi) is 5.74. The molecule has 1 amide bonds. The number of sulfonamides is 1. The summed E-state index contributed by atoms with van der Waals surface area (Å²) in [4.78, 5) is 16.9. The topological polar surface area (TPSA) is 69.7 Å². The lowest BCUT2D eigenvalue weighted by molar-refractivity contribution is -0.131. The van der Waals surface area contributed by atoms with Gasteiger partial charge in [-0.15, -0.1) is 0 Å². The molecule has 1 aliphatic heterocycles. The summed E-state index contributed by atoms with van der Waals surface area (Å²) in [6.45, 7) is 1.96. The molecule has 0 radical (unpaired) electrons. The molecule has 1 aliphatic rings. The van der Waals surface area contributed by atoms with Crippen molar-refractivity contribution in [3.05, 3.63) is 72.3 Å². The number of fused-ring (bicyclic) bond motifs is 2. The molecule has 1 N–H and O–H groups in total. The standard InChI is InChI=1S/C23H25N3O3S/c1-25-14-15-26(17-20-8-4-5-9-22(20)25)23(27)12-13-24-30(28,29)21-11-10-18-6-2-3-7-19(18)16-21/h2-11,16,24H,12-15,17H2,1H3. The van der Waals surface area contributed by atoms with Crippen LogP contribution in [0.15, 0.2) is 71.6 Å². The third-order valence-electron chi connectivity index (χ3n) is 5.48. The Labute approximate surface area is 177 Å². The summed E-state index contributed by atoms with van der Waals surface area (Å²) in [6.07, 6.45) is 0.124. The predicted molar refractivity (Wildman–Crippen MR) is 119 cm³/mol. The minimum absolute atomic E-state index is 0.0543. The van der Waals surface area contributed by atoms with Gasteiger partial charge in [-0.25, -0.2) is 13.1 Å². The van der Waals surface area contributed by atoms with Crippen molar-refractivity contribution in [2.45, 2.75) is 17.9 Å². The van der Waals surface area contributed by atoms with Crippen LogP contribution < -0.4 is 9.62 Å². The van der Waals surface area contributed by atoms with Gasteiger partial charge in [-0.2, -0.15) is 0 Å². The van der Waals surface area contributed by atoms with Crippen molar-refractivity contribution in [1.29, 1.82) is 0 Å². The van der Waals surface area contributed by atoms with Gasteiger partial charge in [-0.3, -0.25) is 4.79 Å². The van der Waals surface area contributed by atoms with E-state index < -0.39 is 10.0 Å². The molecule has 0 saturated carbocycles. The highest BCUT2D eigenvalue weighted by Crippen LogP contribution is 2.24. The molecule has 0 aromatic heterocycles. The van der Waals surface area contributed by atoms with Gasteiger partial charge in [0.2, 0.25) is 15.9 Å². The summed E-state index contributed by atoms with van der Waals surface area (Å²) in [5.74, 6) is -0.0543. The number of anilines is 1. The number of carbonyl (C=O) groups is 1. The fourth-order valence-electron chi connectivity index (χ4n) is 3.77. The second-order valence-electron chi connectivity index (χ2n) is 7.52. The minimum Gasteiger partial charge on any atom is -0.373 e. The molecule has 156 valence electrons. The van der Waals surface area contributed by atoms with Crippen molar-refractivity contribution in [3.63, 3.8) is 0 Å². The number of benzene rings is 3. The van der Waals surface area contributed by atoms with E-state index >= 15 is 0 Å². The minimum atomic E-state index is -3.67. The van der Waals surface area contributed by atoms with E-state index in [0.29, 0.717) is 13.1 Å². The van der Waals surface area contributed by atoms with Crippen molar-refractivity contribution in [2.24, 2.45) is 0 Å². The SMILES string of the molecule is CN1CCN(C(=O)CCNS(=O)(=O)c2ccc3ccccc3c2)Cc2ccccc21. The van der Waals surface area contributed by atoms with Crippen LogP contribution >= 0.6 is 0 Å². The zero-order chi connectivity index (χ0) is 21.1. The Morgan fingerprint density at radius 2 is 1.70 bits per heavy atom. The van der Waals surface area contributed by atoms with Crippen LogP contribution in [0.3, 0.4) is 0 Å². The lowest BCUT2D eigenvalue weighted by Gasteiger charge is -2.21. The third kappa shape index (κ3) is 4.32. The Morgan fingerprint density at radius 3 is 2.53 bits per heavy atom. The summed E-state index contributed by atoms with van der Waals surface area (Å²) >= 11 is 0. The molecule has 30 heavy (non-hydrogen) atoms. The van der Waals surface area contributed by atoms with E-state index in [-0.39, 0.29) is 23.8 Å². The lowest BCUT2D eigenvalue weighted by atomic mass is 10.1. The Hall–Kier alpha value is -2.90. The Bertz CT molecular complexity index is 1180. The smallest absolute Gasteiger partial charge is 0.240 e. The van der Waals surface area contributed by atoms with Gasteiger partial charge in [-0.1, -0.05) is 48.5 Å². The molecular weight excluding hydrogens is 398 g/mol. The summed E-state index contributed by atoms with van der Waals surface area (Å²) in [7, 11) is -1.65. The van der Waals surface area contributed by atoms with Crippen LogP contribution in [0.25, 0.3) is 10.8 Å². The molecule has 0 bridgehead atoms. The van der Waals surface area contributed by atoms with Gasteiger partial charge in [0, 0.05) is 45.3 Å². The molecule has 4 rings (SSSR count). The monoisotopic (exact) mass is 423 g/mol. The van der Waals surface area contributed by atoms with Crippen LogP contribution in [0, 0.1) is 0 Å². The average molecular weight is 424 g/mol. The Morgan fingerprint density at radius 1 is 0.967 bits per heavy atom. The molecule has 0 fully saturated rings. The van der Waals surface area contributed by atoms with Crippen LogP contribution in [0.5, 0.6) is 0 Å². The highest BCUT2D eigenvalue weighted by atomic mass is 32.2. The zero-order valence-corrected chi connectivity index (χ0v) is 17.7.